The standard InChI is InChI=1S/C14H22BrN5O4/c1-2-3-4-5-23-7-9(6-21)24-8-20-11-10(17-13(20)15)12(22)19-14(16)18-11/h9,21H,2-8H2,1H3,(H3,16,18,19,22). The van der Waals surface area contributed by atoms with Gasteiger partial charge >= 0.3 is 0 Å². The molecule has 2 aromatic rings. The second-order valence-corrected chi connectivity index (χ2v) is 6.02. The predicted octanol–water partition coefficient (Wildman–Crippen LogP) is 1.01. The second kappa shape index (κ2) is 9.11. The fraction of sp³-hybridized carbons (Fsp3) is 0.643. The van der Waals surface area contributed by atoms with Gasteiger partial charge in [-0.1, -0.05) is 19.8 Å². The van der Waals surface area contributed by atoms with E-state index in [0.717, 1.165) is 19.3 Å². The third-order valence-corrected chi connectivity index (χ3v) is 4.02. The summed E-state index contributed by atoms with van der Waals surface area (Å²) in [5.41, 5.74) is 5.62. The molecular formula is C14H22BrN5O4. The van der Waals surface area contributed by atoms with Crippen molar-refractivity contribution in [1.29, 1.82) is 0 Å². The summed E-state index contributed by atoms with van der Waals surface area (Å²) in [4.78, 5) is 22.4. The molecule has 0 saturated carbocycles. The maximum Gasteiger partial charge on any atom is 0.280 e. The highest BCUT2D eigenvalue weighted by Crippen LogP contribution is 2.17. The molecule has 1 unspecified atom stereocenters. The van der Waals surface area contributed by atoms with Crippen molar-refractivity contribution in [2.75, 3.05) is 25.6 Å². The Hall–Kier alpha value is -1.49. The molecule has 2 aromatic heterocycles. The van der Waals surface area contributed by atoms with Gasteiger partial charge < -0.3 is 20.3 Å². The molecule has 0 aliphatic carbocycles. The van der Waals surface area contributed by atoms with Gasteiger partial charge in [-0.3, -0.25) is 14.3 Å². The fourth-order valence-electron chi connectivity index (χ4n) is 2.12. The summed E-state index contributed by atoms with van der Waals surface area (Å²) < 4.78 is 13.1. The lowest BCUT2D eigenvalue weighted by atomic mass is 10.3. The average Bonchev–Trinajstić information content (AvgIpc) is 2.86. The number of hydrogen-bond donors (Lipinski definition) is 3. The van der Waals surface area contributed by atoms with Crippen LogP contribution in [0.1, 0.15) is 26.2 Å². The van der Waals surface area contributed by atoms with E-state index in [-0.39, 0.29) is 24.8 Å². The van der Waals surface area contributed by atoms with Crippen LogP contribution >= 0.6 is 15.9 Å². The van der Waals surface area contributed by atoms with Crippen LogP contribution in [0.15, 0.2) is 9.53 Å². The van der Waals surface area contributed by atoms with Crippen molar-refractivity contribution in [2.24, 2.45) is 0 Å². The molecule has 9 nitrogen and oxygen atoms in total. The molecule has 0 spiro atoms. The number of rotatable bonds is 10. The fourth-order valence-corrected chi connectivity index (χ4v) is 2.57. The lowest BCUT2D eigenvalue weighted by Gasteiger charge is -2.16. The van der Waals surface area contributed by atoms with E-state index >= 15 is 0 Å². The largest absolute Gasteiger partial charge is 0.394 e. The van der Waals surface area contributed by atoms with E-state index in [1.807, 2.05) is 0 Å². The number of ether oxygens (including phenoxy) is 2. The van der Waals surface area contributed by atoms with E-state index in [1.54, 1.807) is 4.57 Å². The Bertz CT molecular complexity index is 717. The quantitative estimate of drug-likeness (QED) is 0.398. The van der Waals surface area contributed by atoms with Crippen LogP contribution in [-0.4, -0.2) is 50.6 Å². The van der Waals surface area contributed by atoms with Crippen LogP contribution < -0.4 is 11.3 Å². The highest BCUT2D eigenvalue weighted by molar-refractivity contribution is 9.10. The summed E-state index contributed by atoms with van der Waals surface area (Å²) in [5, 5.41) is 9.40. The number of nitrogen functional groups attached to an aromatic ring is 1. The summed E-state index contributed by atoms with van der Waals surface area (Å²) in [6.45, 7) is 2.93. The summed E-state index contributed by atoms with van der Waals surface area (Å²) in [6.07, 6.45) is 2.74. The van der Waals surface area contributed by atoms with Gasteiger partial charge in [0, 0.05) is 6.61 Å². The number of imidazole rings is 1. The van der Waals surface area contributed by atoms with Gasteiger partial charge in [0.15, 0.2) is 15.9 Å². The summed E-state index contributed by atoms with van der Waals surface area (Å²) >= 11 is 3.27. The molecule has 4 N–H and O–H groups in total. The van der Waals surface area contributed by atoms with Gasteiger partial charge in [0.05, 0.1) is 13.2 Å². The third kappa shape index (κ3) is 4.76. The van der Waals surface area contributed by atoms with Crippen molar-refractivity contribution >= 4 is 33.0 Å². The van der Waals surface area contributed by atoms with Gasteiger partial charge in [0.2, 0.25) is 5.95 Å². The van der Waals surface area contributed by atoms with Crippen molar-refractivity contribution in [3.63, 3.8) is 0 Å². The molecular weight excluding hydrogens is 382 g/mol. The zero-order valence-electron chi connectivity index (χ0n) is 13.5. The minimum atomic E-state index is -0.477. The van der Waals surface area contributed by atoms with Gasteiger partial charge in [-0.15, -0.1) is 0 Å². The minimum absolute atomic E-state index is 0.000819. The first-order valence-corrected chi connectivity index (χ1v) is 8.57. The van der Waals surface area contributed by atoms with E-state index in [2.05, 4.69) is 37.8 Å². The summed E-state index contributed by atoms with van der Waals surface area (Å²) in [7, 11) is 0. The molecule has 24 heavy (non-hydrogen) atoms. The van der Waals surface area contributed by atoms with Gasteiger partial charge in [0.1, 0.15) is 12.8 Å². The smallest absolute Gasteiger partial charge is 0.280 e. The van der Waals surface area contributed by atoms with Crippen LogP contribution in [0.5, 0.6) is 0 Å². The van der Waals surface area contributed by atoms with Crippen LogP contribution in [0.2, 0.25) is 0 Å². The number of nitrogens with zero attached hydrogens (tertiary/aromatic N) is 3. The highest BCUT2D eigenvalue weighted by atomic mass is 79.9. The molecule has 0 aliphatic rings. The summed E-state index contributed by atoms with van der Waals surface area (Å²) in [5.74, 6) is -0.000819. The van der Waals surface area contributed by atoms with E-state index < -0.39 is 11.7 Å². The number of unbranched alkanes of at least 4 members (excludes halogenated alkanes) is 2. The number of fused-ring (bicyclic) bond motifs is 1. The van der Waals surface area contributed by atoms with Crippen molar-refractivity contribution in [2.45, 2.75) is 39.0 Å². The lowest BCUT2D eigenvalue weighted by Crippen LogP contribution is -2.25. The normalized spacial score (nSPS) is 12.8. The van der Waals surface area contributed by atoms with Gasteiger partial charge in [-0.05, 0) is 22.4 Å². The minimum Gasteiger partial charge on any atom is -0.394 e. The number of nitrogens with two attached hydrogens (primary N) is 1. The predicted molar refractivity (Wildman–Crippen MR) is 92.6 cm³/mol. The average molecular weight is 404 g/mol. The number of anilines is 1. The molecule has 0 radical (unpaired) electrons. The number of aromatic amines is 1. The first kappa shape index (κ1) is 18.8. The van der Waals surface area contributed by atoms with Crippen molar-refractivity contribution in [1.82, 2.24) is 19.5 Å². The monoisotopic (exact) mass is 403 g/mol. The molecule has 2 rings (SSSR count). The Labute approximate surface area is 147 Å². The van der Waals surface area contributed by atoms with Crippen molar-refractivity contribution in [3.8, 4) is 0 Å². The second-order valence-electron chi connectivity index (χ2n) is 5.31. The van der Waals surface area contributed by atoms with Crippen molar-refractivity contribution in [3.05, 3.63) is 15.1 Å². The molecule has 0 fully saturated rings. The molecule has 0 bridgehead atoms. The molecule has 0 amide bonds. The Kier molecular flexibility index (Phi) is 7.16. The van der Waals surface area contributed by atoms with Crippen LogP contribution in [0.4, 0.5) is 5.95 Å². The number of nitrogens with one attached hydrogen (secondary N) is 1. The molecule has 134 valence electrons. The Morgan fingerprint density at radius 3 is 2.92 bits per heavy atom. The van der Waals surface area contributed by atoms with E-state index in [1.165, 1.54) is 0 Å². The van der Waals surface area contributed by atoms with Crippen LogP contribution in [-0.2, 0) is 16.2 Å². The number of H-pyrrole nitrogens is 1. The topological polar surface area (TPSA) is 128 Å². The van der Waals surface area contributed by atoms with Gasteiger partial charge in [-0.25, -0.2) is 4.98 Å². The van der Waals surface area contributed by atoms with E-state index in [4.69, 9.17) is 15.2 Å². The number of aliphatic hydroxyl groups is 1. The number of aromatic nitrogens is 4. The van der Waals surface area contributed by atoms with Crippen LogP contribution in [0.25, 0.3) is 11.2 Å². The number of halogens is 1. The maximum absolute atomic E-state index is 11.8. The molecule has 1 atom stereocenters. The summed E-state index contributed by atoms with van der Waals surface area (Å²) in [6, 6.07) is 0. The van der Waals surface area contributed by atoms with E-state index in [9.17, 15) is 9.90 Å². The molecule has 0 saturated heterocycles. The Balaban J connectivity index is 1.99. The molecule has 0 aromatic carbocycles. The Morgan fingerprint density at radius 2 is 2.21 bits per heavy atom. The number of aliphatic hydroxyl groups excluding tert-OH is 1. The van der Waals surface area contributed by atoms with E-state index in [0.29, 0.717) is 23.6 Å². The molecule has 10 heteroatoms. The SMILES string of the molecule is CCCCCOCC(CO)OCn1c(Br)nc2c(=O)[nH]c(N)nc21. The van der Waals surface area contributed by atoms with Crippen LogP contribution in [0.3, 0.4) is 0 Å². The lowest BCUT2D eigenvalue weighted by molar-refractivity contribution is -0.0673. The zero-order chi connectivity index (χ0) is 17.5. The number of hydrogen-bond acceptors (Lipinski definition) is 7. The first-order chi connectivity index (χ1) is 11.6. The van der Waals surface area contributed by atoms with Gasteiger partial charge in [0.25, 0.3) is 5.56 Å². The zero-order valence-corrected chi connectivity index (χ0v) is 15.1. The van der Waals surface area contributed by atoms with Crippen LogP contribution in [0, 0.1) is 0 Å². The maximum atomic E-state index is 11.8. The Morgan fingerprint density at radius 1 is 1.42 bits per heavy atom. The highest BCUT2D eigenvalue weighted by Gasteiger charge is 2.16. The third-order valence-electron chi connectivity index (χ3n) is 3.42. The molecule has 0 aliphatic heterocycles. The van der Waals surface area contributed by atoms with Crippen molar-refractivity contribution < 1.29 is 14.6 Å². The molecule has 2 heterocycles. The van der Waals surface area contributed by atoms with Gasteiger partial charge in [-0.2, -0.15) is 4.98 Å². The first-order valence-electron chi connectivity index (χ1n) is 7.78.